The van der Waals surface area contributed by atoms with Crippen molar-refractivity contribution < 1.29 is 32.6 Å². The monoisotopic (exact) mass is 600 g/mol. The van der Waals surface area contributed by atoms with Crippen LogP contribution >= 0.6 is 8.69 Å². The number of esters is 2. The van der Waals surface area contributed by atoms with Crippen molar-refractivity contribution >= 4 is 20.6 Å². The highest BCUT2D eigenvalue weighted by atomic mass is 31.1. The fourth-order valence-corrected chi connectivity index (χ4v) is 4.07. The lowest BCUT2D eigenvalue weighted by atomic mass is 10.0. The number of unbranched alkanes of at least 4 members (excludes halogenated alkanes) is 15. The van der Waals surface area contributed by atoms with Gasteiger partial charge in [-0.2, -0.15) is 0 Å². The van der Waals surface area contributed by atoms with Crippen LogP contribution < -0.4 is 0 Å². The molecule has 0 radical (unpaired) electrons. The molecule has 0 unspecified atom stereocenters. The third-order valence-corrected chi connectivity index (χ3v) is 6.90. The van der Waals surface area contributed by atoms with E-state index in [1.807, 2.05) is 0 Å². The van der Waals surface area contributed by atoms with Gasteiger partial charge >= 0.3 is 20.6 Å². The fraction of sp³-hybridized carbons (Fsp3) is 0.818. The number of quaternary nitrogens is 1. The molecule has 0 rings (SSSR count). The van der Waals surface area contributed by atoms with Gasteiger partial charge in [0.05, 0.1) is 34.4 Å². The van der Waals surface area contributed by atoms with Crippen molar-refractivity contribution in [3.05, 3.63) is 23.8 Å². The topological polar surface area (TPSA) is 78.9 Å². The molecule has 0 N–H and O–H groups in total. The molecule has 0 aliphatic heterocycles. The summed E-state index contributed by atoms with van der Waals surface area (Å²) in [5.41, 5.74) is 0.941. The third-order valence-electron chi connectivity index (χ3n) is 6.61. The highest BCUT2D eigenvalue weighted by Crippen LogP contribution is 2.14. The van der Waals surface area contributed by atoms with Gasteiger partial charge in [0, 0.05) is 17.6 Å². The van der Waals surface area contributed by atoms with Gasteiger partial charge in [-0.1, -0.05) is 116 Å². The van der Waals surface area contributed by atoms with Crippen LogP contribution in [0.3, 0.4) is 0 Å². The molecule has 41 heavy (non-hydrogen) atoms. The Balaban J connectivity index is 0. The molecule has 8 heteroatoms. The van der Waals surface area contributed by atoms with E-state index in [9.17, 15) is 14.2 Å². The molecule has 0 bridgehead atoms. The van der Waals surface area contributed by atoms with E-state index in [2.05, 4.69) is 39.2 Å². The molecule has 7 nitrogen and oxygen atoms in total. The van der Waals surface area contributed by atoms with Crippen LogP contribution in [0.2, 0.25) is 0 Å². The lowest BCUT2D eigenvalue weighted by Crippen LogP contribution is -2.37. The first-order valence-electron chi connectivity index (χ1n) is 16.0. The maximum absolute atomic E-state index is 11.9. The molecule has 0 aliphatic rings. The quantitative estimate of drug-likeness (QED) is 0.0324. The van der Waals surface area contributed by atoms with Gasteiger partial charge in [-0.15, -0.1) is 0 Å². The van der Waals surface area contributed by atoms with Crippen LogP contribution in [0.1, 0.15) is 130 Å². The summed E-state index contributed by atoms with van der Waals surface area (Å²) in [6.45, 7) is 11.3. The van der Waals surface area contributed by atoms with Gasteiger partial charge < -0.3 is 14.0 Å². The summed E-state index contributed by atoms with van der Waals surface area (Å²) < 4.78 is 25.5. The molecule has 0 fully saturated rings. The number of likely N-dealkylation sites (N-methyl/N-ethyl adjacent to an activating group) is 1. The van der Waals surface area contributed by atoms with Gasteiger partial charge in [0.25, 0.3) is 0 Å². The Kier molecular flexibility index (Phi) is 30.3. The average Bonchev–Trinajstić information content (AvgIpc) is 2.92. The van der Waals surface area contributed by atoms with E-state index in [-0.39, 0.29) is 21.3 Å². The minimum atomic E-state index is -0.401. The lowest BCUT2D eigenvalue weighted by molar-refractivity contribution is -0.870. The third kappa shape index (κ3) is 34.5. The predicted molar refractivity (Wildman–Crippen MR) is 171 cm³/mol. The number of hydrogen-bond acceptors (Lipinski definition) is 6. The van der Waals surface area contributed by atoms with E-state index < -0.39 is 5.97 Å². The Morgan fingerprint density at radius 2 is 1.12 bits per heavy atom. The second kappa shape index (κ2) is 29.9. The molecule has 0 amide bonds. The number of ether oxygens (including phenoxy) is 2. The largest absolute Gasteiger partial charge is 0.462 e. The number of carbonyl (C=O) groups excluding carboxylic acids is 2. The van der Waals surface area contributed by atoms with Gasteiger partial charge in [-0.25, -0.2) is 14.2 Å². The van der Waals surface area contributed by atoms with Crippen molar-refractivity contribution in [2.45, 2.75) is 130 Å². The van der Waals surface area contributed by atoms with E-state index in [0.29, 0.717) is 30.8 Å². The van der Waals surface area contributed by atoms with Crippen molar-refractivity contribution in [1.29, 1.82) is 0 Å². The van der Waals surface area contributed by atoms with E-state index in [0.717, 1.165) is 23.9 Å². The van der Waals surface area contributed by atoms with Crippen molar-refractivity contribution in [3.63, 3.8) is 0 Å². The van der Waals surface area contributed by atoms with Crippen LogP contribution in [-0.2, 0) is 28.2 Å². The van der Waals surface area contributed by atoms with E-state index in [4.69, 9.17) is 9.47 Å². The zero-order valence-corrected chi connectivity index (χ0v) is 28.4. The summed E-state index contributed by atoms with van der Waals surface area (Å²) in [5.74, 6) is -0.681. The van der Waals surface area contributed by atoms with Crippen molar-refractivity contribution in [2.24, 2.45) is 0 Å². The van der Waals surface area contributed by atoms with Crippen molar-refractivity contribution in [1.82, 2.24) is 0 Å². The highest BCUT2D eigenvalue weighted by Gasteiger charge is 2.07. The van der Waals surface area contributed by atoms with Gasteiger partial charge in [-0.05, 0) is 20.3 Å². The van der Waals surface area contributed by atoms with Gasteiger partial charge in [0.1, 0.15) is 13.2 Å². The molecule has 0 saturated heterocycles. The van der Waals surface area contributed by atoms with Crippen LogP contribution in [0.25, 0.3) is 0 Å². The second-order valence-electron chi connectivity index (χ2n) is 12.0. The Hall–Kier alpha value is -1.56. The molecule has 0 atom stereocenters. The Labute approximate surface area is 254 Å². The molecule has 0 aromatic carbocycles. The Morgan fingerprint density at radius 1 is 0.683 bits per heavy atom. The summed E-state index contributed by atoms with van der Waals surface area (Å²) in [7, 11) is 5.96. The first-order chi connectivity index (χ1) is 19.5. The average molecular weight is 601 g/mol. The van der Waals surface area contributed by atoms with Crippen LogP contribution in [-0.4, -0.2) is 63.9 Å². The smallest absolute Gasteiger partial charge is 0.333 e. The van der Waals surface area contributed by atoms with Crippen LogP contribution in [0.15, 0.2) is 23.8 Å². The van der Waals surface area contributed by atoms with Crippen LogP contribution in [0.4, 0.5) is 0 Å². The second-order valence-corrected chi connectivity index (χ2v) is 12.4. The molecule has 0 aliphatic carbocycles. The fourth-order valence-electron chi connectivity index (χ4n) is 3.91. The van der Waals surface area contributed by atoms with E-state index >= 15 is 0 Å². The molecule has 0 aromatic rings. The van der Waals surface area contributed by atoms with E-state index in [1.54, 1.807) is 19.9 Å². The number of rotatable bonds is 26. The molecular formula is C33H63NO6P+. The molecule has 240 valence electrons. The number of nitrogens with zero attached hydrogens (tertiary/aromatic N) is 1. The summed E-state index contributed by atoms with van der Waals surface area (Å²) in [6.07, 6.45) is 23.5. The minimum absolute atomic E-state index is 0.217. The van der Waals surface area contributed by atoms with Gasteiger partial charge in [0.2, 0.25) is 0 Å². The SMILES string of the molecule is C=C(C)C(=O)OCCC=C(C)C(=O)OCCCCCCCCCCCCCCCCCC.C[N+](C)(C)CCOP=O. The zero-order valence-electron chi connectivity index (χ0n) is 27.5. The van der Waals surface area contributed by atoms with Crippen LogP contribution in [0.5, 0.6) is 0 Å². The lowest BCUT2D eigenvalue weighted by Gasteiger charge is -2.22. The predicted octanol–water partition coefficient (Wildman–Crippen LogP) is 9.16. The molecule has 0 saturated carbocycles. The van der Waals surface area contributed by atoms with Gasteiger partial charge in [-0.3, -0.25) is 4.52 Å². The first-order valence-corrected chi connectivity index (χ1v) is 16.7. The summed E-state index contributed by atoms with van der Waals surface area (Å²) in [4.78, 5) is 23.2. The zero-order chi connectivity index (χ0) is 31.2. The molecule has 0 heterocycles. The van der Waals surface area contributed by atoms with Crippen LogP contribution in [0, 0.1) is 0 Å². The highest BCUT2D eigenvalue weighted by molar-refractivity contribution is 7.17. The maximum Gasteiger partial charge on any atom is 0.333 e. The minimum Gasteiger partial charge on any atom is -0.462 e. The maximum atomic E-state index is 11.9. The number of hydrogen-bond donors (Lipinski definition) is 0. The van der Waals surface area contributed by atoms with Crippen molar-refractivity contribution in [3.8, 4) is 0 Å². The molecule has 0 aromatic heterocycles. The Bertz CT molecular complexity index is 702. The Morgan fingerprint density at radius 3 is 1.54 bits per heavy atom. The normalized spacial score (nSPS) is 11.6. The van der Waals surface area contributed by atoms with E-state index in [1.165, 1.54) is 89.9 Å². The standard InChI is InChI=1S/C28H50O4.C5H13NO2P/c1-5-6-7-8-9-10-11-12-13-14-15-16-17-18-19-20-23-32-28(30)26(4)22-21-24-31-27(29)25(2)3;1-6(2,3)4-5-8-9-7/h22H,2,5-21,23-24H2,1,3-4H3;4-5H2,1-3H3/q;+1. The first kappa shape index (κ1) is 41.6. The molecular weight excluding hydrogens is 537 g/mol. The summed E-state index contributed by atoms with van der Waals surface area (Å²) in [6, 6.07) is 0. The van der Waals surface area contributed by atoms with Crippen molar-refractivity contribution in [2.75, 3.05) is 47.5 Å². The van der Waals surface area contributed by atoms with Gasteiger partial charge in [0.15, 0.2) is 0 Å². The summed E-state index contributed by atoms with van der Waals surface area (Å²) in [5, 5.41) is 0. The summed E-state index contributed by atoms with van der Waals surface area (Å²) >= 11 is 0. The number of carbonyl (C=O) groups is 2. The molecule has 0 spiro atoms.